The molecule has 5 heteroatoms. The van der Waals surface area contributed by atoms with Crippen molar-refractivity contribution in [1.29, 1.82) is 0 Å². The summed E-state index contributed by atoms with van der Waals surface area (Å²) in [7, 11) is -3.26. The van der Waals surface area contributed by atoms with E-state index in [1.165, 1.54) is 25.7 Å². The van der Waals surface area contributed by atoms with Gasteiger partial charge in [0.15, 0.2) is 0 Å². The Kier molecular flexibility index (Phi) is 3.84. The first-order valence-corrected chi connectivity index (χ1v) is 9.00. The lowest BCUT2D eigenvalue weighted by molar-refractivity contribution is 0.471. The van der Waals surface area contributed by atoms with Crippen molar-refractivity contribution in [3.8, 4) is 0 Å². The normalized spacial score (nSPS) is 19.5. The number of sulfonamides is 1. The van der Waals surface area contributed by atoms with E-state index in [-0.39, 0.29) is 11.8 Å². The molecule has 2 saturated carbocycles. The van der Waals surface area contributed by atoms with Crippen LogP contribution >= 0.6 is 0 Å². The molecule has 0 amide bonds. The van der Waals surface area contributed by atoms with Crippen LogP contribution in [0.25, 0.3) is 0 Å². The molecule has 110 valence electrons. The first kappa shape index (κ1) is 14.0. The summed E-state index contributed by atoms with van der Waals surface area (Å²) < 4.78 is 27.6. The summed E-state index contributed by atoms with van der Waals surface area (Å²) in [5.74, 6) is 1.21. The van der Waals surface area contributed by atoms with Crippen LogP contribution in [-0.2, 0) is 22.3 Å². The van der Waals surface area contributed by atoms with Gasteiger partial charge < -0.3 is 5.73 Å². The molecule has 0 saturated heterocycles. The van der Waals surface area contributed by atoms with Gasteiger partial charge in [-0.15, -0.1) is 0 Å². The van der Waals surface area contributed by atoms with Crippen LogP contribution in [0.15, 0.2) is 24.3 Å². The van der Waals surface area contributed by atoms with Crippen LogP contribution in [-0.4, -0.2) is 14.5 Å². The van der Waals surface area contributed by atoms with E-state index in [2.05, 4.69) is 4.72 Å². The molecule has 1 aromatic rings. The third kappa shape index (κ3) is 3.59. The van der Waals surface area contributed by atoms with Gasteiger partial charge in [0, 0.05) is 12.6 Å². The molecule has 3 rings (SSSR count). The van der Waals surface area contributed by atoms with E-state index >= 15 is 0 Å². The Morgan fingerprint density at radius 3 is 2.30 bits per heavy atom. The monoisotopic (exact) mass is 294 g/mol. The molecular formula is C15H22N2O2S. The van der Waals surface area contributed by atoms with Crippen LogP contribution in [0, 0.1) is 11.8 Å². The number of rotatable bonds is 7. The molecule has 2 aliphatic carbocycles. The van der Waals surface area contributed by atoms with Gasteiger partial charge in [0.1, 0.15) is 0 Å². The average molecular weight is 294 g/mol. The predicted molar refractivity (Wildman–Crippen MR) is 79.3 cm³/mol. The summed E-state index contributed by atoms with van der Waals surface area (Å²) in [6, 6.07) is 7.69. The number of nitrogens with one attached hydrogen (secondary N) is 1. The molecule has 0 bridgehead atoms. The highest BCUT2D eigenvalue weighted by Crippen LogP contribution is 2.44. The van der Waals surface area contributed by atoms with E-state index in [1.807, 2.05) is 24.3 Å². The Morgan fingerprint density at radius 2 is 1.75 bits per heavy atom. The second-order valence-electron chi connectivity index (χ2n) is 6.10. The van der Waals surface area contributed by atoms with E-state index in [0.29, 0.717) is 18.4 Å². The van der Waals surface area contributed by atoms with Gasteiger partial charge in [-0.2, -0.15) is 0 Å². The molecular weight excluding hydrogens is 272 g/mol. The van der Waals surface area contributed by atoms with Crippen molar-refractivity contribution in [3.05, 3.63) is 35.4 Å². The summed E-state index contributed by atoms with van der Waals surface area (Å²) in [6.45, 7) is 0.439. The van der Waals surface area contributed by atoms with Crippen LogP contribution in [0.3, 0.4) is 0 Å². The zero-order chi connectivity index (χ0) is 14.2. The summed E-state index contributed by atoms with van der Waals surface area (Å²) in [5, 5.41) is 0. The van der Waals surface area contributed by atoms with Gasteiger partial charge in [-0.3, -0.25) is 0 Å². The second-order valence-corrected chi connectivity index (χ2v) is 7.86. The number of nitrogens with two attached hydrogens (primary N) is 1. The zero-order valence-electron chi connectivity index (χ0n) is 11.6. The summed E-state index contributed by atoms with van der Waals surface area (Å²) in [6.07, 6.45) is 4.69. The third-order valence-corrected chi connectivity index (χ3v) is 5.50. The van der Waals surface area contributed by atoms with Crippen LogP contribution < -0.4 is 10.5 Å². The minimum absolute atomic E-state index is 0.0524. The van der Waals surface area contributed by atoms with Gasteiger partial charge >= 0.3 is 0 Å². The molecule has 0 aromatic heterocycles. The van der Waals surface area contributed by atoms with Crippen LogP contribution in [0.4, 0.5) is 0 Å². The Bertz CT molecular complexity index is 565. The van der Waals surface area contributed by atoms with Gasteiger partial charge in [0.25, 0.3) is 0 Å². The molecule has 0 heterocycles. The van der Waals surface area contributed by atoms with Gasteiger partial charge in [0.2, 0.25) is 10.0 Å². The van der Waals surface area contributed by atoms with Gasteiger partial charge in [0.05, 0.1) is 5.75 Å². The van der Waals surface area contributed by atoms with Gasteiger partial charge in [-0.05, 0) is 48.6 Å². The van der Waals surface area contributed by atoms with Crippen molar-refractivity contribution in [2.45, 2.75) is 44.0 Å². The highest BCUT2D eigenvalue weighted by Gasteiger charge is 2.43. The fraction of sp³-hybridized carbons (Fsp3) is 0.600. The SMILES string of the molecule is NCc1cccc(CS(=O)(=O)NC(C2CC2)C2CC2)c1. The Balaban J connectivity index is 1.67. The average Bonchev–Trinajstić information content (AvgIpc) is 3.29. The maximum Gasteiger partial charge on any atom is 0.216 e. The molecule has 2 fully saturated rings. The standard InChI is InChI=1S/C15H22N2O2S/c16-9-11-2-1-3-12(8-11)10-20(18,19)17-15(13-4-5-13)14-6-7-14/h1-3,8,13-15,17H,4-7,9-10,16H2. The zero-order valence-corrected chi connectivity index (χ0v) is 12.4. The van der Waals surface area contributed by atoms with Crippen molar-refractivity contribution in [1.82, 2.24) is 4.72 Å². The molecule has 1 aromatic carbocycles. The van der Waals surface area contributed by atoms with E-state index < -0.39 is 10.0 Å². The highest BCUT2D eigenvalue weighted by atomic mass is 32.2. The summed E-state index contributed by atoms with van der Waals surface area (Å²) >= 11 is 0. The van der Waals surface area contributed by atoms with E-state index in [0.717, 1.165) is 11.1 Å². The summed E-state index contributed by atoms with van der Waals surface area (Å²) in [4.78, 5) is 0. The molecule has 0 atom stereocenters. The fourth-order valence-electron chi connectivity index (χ4n) is 2.80. The van der Waals surface area contributed by atoms with E-state index in [1.54, 1.807) is 0 Å². The lowest BCUT2D eigenvalue weighted by Crippen LogP contribution is -2.38. The van der Waals surface area contributed by atoms with E-state index in [9.17, 15) is 8.42 Å². The predicted octanol–water partition coefficient (Wildman–Crippen LogP) is 1.75. The van der Waals surface area contributed by atoms with Crippen LogP contribution in [0.2, 0.25) is 0 Å². The molecule has 0 aliphatic heterocycles. The molecule has 2 aliphatic rings. The minimum atomic E-state index is -3.26. The van der Waals surface area contributed by atoms with Crippen molar-refractivity contribution in [2.75, 3.05) is 0 Å². The smallest absolute Gasteiger partial charge is 0.216 e. The van der Waals surface area contributed by atoms with Gasteiger partial charge in [-0.25, -0.2) is 13.1 Å². The number of benzene rings is 1. The van der Waals surface area contributed by atoms with Crippen molar-refractivity contribution in [2.24, 2.45) is 17.6 Å². The second kappa shape index (κ2) is 5.47. The molecule has 4 nitrogen and oxygen atoms in total. The summed E-state index contributed by atoms with van der Waals surface area (Å²) in [5.41, 5.74) is 7.38. The Hall–Kier alpha value is -0.910. The maximum absolute atomic E-state index is 12.3. The largest absolute Gasteiger partial charge is 0.326 e. The minimum Gasteiger partial charge on any atom is -0.326 e. The molecule has 0 radical (unpaired) electrons. The fourth-order valence-corrected chi connectivity index (χ4v) is 4.30. The van der Waals surface area contributed by atoms with Gasteiger partial charge in [-0.1, -0.05) is 24.3 Å². The van der Waals surface area contributed by atoms with Crippen molar-refractivity contribution < 1.29 is 8.42 Å². The lowest BCUT2D eigenvalue weighted by atomic mass is 10.1. The Morgan fingerprint density at radius 1 is 1.15 bits per heavy atom. The topological polar surface area (TPSA) is 72.2 Å². The molecule has 3 N–H and O–H groups in total. The highest BCUT2D eigenvalue weighted by molar-refractivity contribution is 7.88. The van der Waals surface area contributed by atoms with Crippen LogP contribution in [0.1, 0.15) is 36.8 Å². The molecule has 20 heavy (non-hydrogen) atoms. The Labute approximate surface area is 120 Å². The third-order valence-electron chi connectivity index (χ3n) is 4.16. The van der Waals surface area contributed by atoms with Crippen LogP contribution in [0.5, 0.6) is 0 Å². The number of hydrogen-bond acceptors (Lipinski definition) is 3. The van der Waals surface area contributed by atoms with E-state index in [4.69, 9.17) is 5.73 Å². The number of hydrogen-bond donors (Lipinski definition) is 2. The lowest BCUT2D eigenvalue weighted by Gasteiger charge is -2.17. The molecule has 0 spiro atoms. The molecule has 0 unspecified atom stereocenters. The first-order valence-electron chi connectivity index (χ1n) is 7.35. The maximum atomic E-state index is 12.3. The van der Waals surface area contributed by atoms with Crippen molar-refractivity contribution >= 4 is 10.0 Å². The first-order chi connectivity index (χ1) is 9.57. The van der Waals surface area contributed by atoms with Crippen molar-refractivity contribution in [3.63, 3.8) is 0 Å². The quantitative estimate of drug-likeness (QED) is 0.805.